The molecule has 1 aromatic rings. The van der Waals surface area contributed by atoms with Crippen LogP contribution in [0.2, 0.25) is 0 Å². The van der Waals surface area contributed by atoms with Gasteiger partial charge in [-0.15, -0.1) is 0 Å². The Labute approximate surface area is 149 Å². The van der Waals surface area contributed by atoms with Gasteiger partial charge in [-0.1, -0.05) is 30.3 Å². The molecule has 144 valence electrons. The lowest BCUT2D eigenvalue weighted by Gasteiger charge is -2.12. The highest BCUT2D eigenvalue weighted by atomic mass is 16.6. The molecule has 0 aliphatic carbocycles. The molecule has 0 radical (unpaired) electrons. The maximum absolute atomic E-state index is 9.75. The van der Waals surface area contributed by atoms with Gasteiger partial charge < -0.3 is 33.9 Å². The maximum Gasteiger partial charge on any atom is 0.101 e. The fraction of sp³-hybridized carbons (Fsp3) is 0.667. The highest BCUT2D eigenvalue weighted by Crippen LogP contribution is 2.01. The molecule has 0 unspecified atom stereocenters. The van der Waals surface area contributed by atoms with Crippen LogP contribution in [-0.4, -0.2) is 82.4 Å². The smallest absolute Gasteiger partial charge is 0.101 e. The van der Waals surface area contributed by atoms with Crippen molar-refractivity contribution in [1.29, 1.82) is 0 Å². The van der Waals surface area contributed by atoms with Gasteiger partial charge >= 0.3 is 0 Å². The monoisotopic (exact) mass is 358 g/mol. The summed E-state index contributed by atoms with van der Waals surface area (Å²) in [5.74, 6) is 0. The lowest BCUT2D eigenvalue weighted by molar-refractivity contribution is -0.0414. The van der Waals surface area contributed by atoms with Gasteiger partial charge in [0.25, 0.3) is 0 Å². The summed E-state index contributed by atoms with van der Waals surface area (Å²) in [6, 6.07) is 9.81. The molecule has 0 spiro atoms. The van der Waals surface area contributed by atoms with E-state index in [-0.39, 0.29) is 19.8 Å². The summed E-state index contributed by atoms with van der Waals surface area (Å²) >= 11 is 0. The van der Waals surface area contributed by atoms with Gasteiger partial charge in [-0.25, -0.2) is 0 Å². The third kappa shape index (κ3) is 13.9. The Morgan fingerprint density at radius 1 is 0.680 bits per heavy atom. The van der Waals surface area contributed by atoms with Crippen molar-refractivity contribution in [3.05, 3.63) is 35.9 Å². The van der Waals surface area contributed by atoms with Crippen molar-refractivity contribution >= 4 is 0 Å². The molecular weight excluding hydrogens is 328 g/mol. The number of benzene rings is 1. The largest absolute Gasteiger partial charge is 0.394 e. The number of aliphatic hydroxyl groups excluding tert-OH is 2. The molecule has 0 bridgehead atoms. The Balaban J connectivity index is 1.80. The van der Waals surface area contributed by atoms with Crippen LogP contribution in [0.15, 0.2) is 30.3 Å². The van der Waals surface area contributed by atoms with Crippen molar-refractivity contribution in [2.75, 3.05) is 66.1 Å². The van der Waals surface area contributed by atoms with Crippen molar-refractivity contribution < 1.29 is 33.9 Å². The second-order valence-corrected chi connectivity index (χ2v) is 5.29. The van der Waals surface area contributed by atoms with Crippen molar-refractivity contribution in [2.45, 2.75) is 12.7 Å². The van der Waals surface area contributed by atoms with Crippen LogP contribution in [0, 0.1) is 0 Å². The van der Waals surface area contributed by atoms with Crippen molar-refractivity contribution in [1.82, 2.24) is 0 Å². The van der Waals surface area contributed by atoms with Crippen LogP contribution < -0.4 is 0 Å². The van der Waals surface area contributed by atoms with E-state index in [4.69, 9.17) is 28.8 Å². The SMILES string of the molecule is OCCOCCOCCOCCOC[C@H](O)COCc1ccccc1. The summed E-state index contributed by atoms with van der Waals surface area (Å²) in [6.07, 6.45) is -0.647. The Morgan fingerprint density at radius 2 is 1.20 bits per heavy atom. The molecule has 0 aliphatic heterocycles. The maximum atomic E-state index is 9.75. The Bertz CT molecular complexity index is 388. The molecule has 1 aromatic carbocycles. The fourth-order valence-electron chi connectivity index (χ4n) is 1.88. The first-order valence-corrected chi connectivity index (χ1v) is 8.54. The minimum absolute atomic E-state index is 0.0248. The third-order valence-electron chi connectivity index (χ3n) is 3.08. The topological polar surface area (TPSA) is 86.6 Å². The van der Waals surface area contributed by atoms with Crippen LogP contribution in [0.1, 0.15) is 5.56 Å². The Morgan fingerprint density at radius 3 is 1.80 bits per heavy atom. The van der Waals surface area contributed by atoms with E-state index in [1.54, 1.807) is 0 Å². The summed E-state index contributed by atoms with van der Waals surface area (Å²) in [5, 5.41) is 18.3. The van der Waals surface area contributed by atoms with Crippen molar-refractivity contribution in [3.63, 3.8) is 0 Å². The van der Waals surface area contributed by atoms with Crippen LogP contribution in [-0.2, 0) is 30.3 Å². The number of aliphatic hydroxyl groups is 2. The van der Waals surface area contributed by atoms with E-state index in [0.717, 1.165) is 5.56 Å². The molecule has 0 amide bonds. The van der Waals surface area contributed by atoms with E-state index in [2.05, 4.69) is 0 Å². The molecule has 0 saturated heterocycles. The van der Waals surface area contributed by atoms with Crippen LogP contribution in [0.4, 0.5) is 0 Å². The van der Waals surface area contributed by atoms with Gasteiger partial charge in [0.2, 0.25) is 0 Å². The van der Waals surface area contributed by atoms with Crippen LogP contribution >= 0.6 is 0 Å². The number of rotatable bonds is 17. The quantitative estimate of drug-likeness (QED) is 0.395. The molecule has 0 heterocycles. The minimum Gasteiger partial charge on any atom is -0.394 e. The molecule has 7 nitrogen and oxygen atoms in total. The standard InChI is InChI=1S/C18H30O7/c19-6-7-21-8-9-22-10-11-23-12-13-24-15-18(20)16-25-14-17-4-2-1-3-5-17/h1-5,18-20H,6-16H2/t18-/m0/s1. The van der Waals surface area contributed by atoms with E-state index in [1.807, 2.05) is 30.3 Å². The van der Waals surface area contributed by atoms with Gasteiger partial charge in [0.15, 0.2) is 0 Å². The first-order chi connectivity index (χ1) is 12.3. The lowest BCUT2D eigenvalue weighted by Crippen LogP contribution is -2.23. The number of hydrogen-bond acceptors (Lipinski definition) is 7. The second kappa shape index (κ2) is 16.4. The zero-order valence-corrected chi connectivity index (χ0v) is 14.7. The molecule has 7 heteroatoms. The van der Waals surface area contributed by atoms with E-state index in [9.17, 15) is 5.11 Å². The summed E-state index contributed by atoms with van der Waals surface area (Å²) in [4.78, 5) is 0. The van der Waals surface area contributed by atoms with Gasteiger partial charge in [0, 0.05) is 0 Å². The average Bonchev–Trinajstić information content (AvgIpc) is 2.63. The van der Waals surface area contributed by atoms with Gasteiger partial charge in [-0.3, -0.25) is 0 Å². The molecule has 1 atom stereocenters. The number of ether oxygens (including phenoxy) is 5. The minimum atomic E-state index is -0.647. The summed E-state index contributed by atoms with van der Waals surface area (Å²) in [5.41, 5.74) is 1.08. The second-order valence-electron chi connectivity index (χ2n) is 5.29. The molecule has 0 fully saturated rings. The lowest BCUT2D eigenvalue weighted by atomic mass is 10.2. The summed E-state index contributed by atoms with van der Waals surface area (Å²) < 4.78 is 26.4. The Kier molecular flexibility index (Phi) is 14.4. The normalized spacial score (nSPS) is 12.4. The van der Waals surface area contributed by atoms with E-state index >= 15 is 0 Å². The van der Waals surface area contributed by atoms with E-state index in [0.29, 0.717) is 52.9 Å². The predicted molar refractivity (Wildman–Crippen MR) is 92.5 cm³/mol. The highest BCUT2D eigenvalue weighted by Gasteiger charge is 2.04. The van der Waals surface area contributed by atoms with Gasteiger partial charge in [0.1, 0.15) is 6.10 Å². The molecule has 0 saturated carbocycles. The van der Waals surface area contributed by atoms with Crippen LogP contribution in [0.25, 0.3) is 0 Å². The van der Waals surface area contributed by atoms with E-state index in [1.165, 1.54) is 0 Å². The molecular formula is C18H30O7. The zero-order chi connectivity index (χ0) is 18.0. The van der Waals surface area contributed by atoms with E-state index < -0.39 is 6.10 Å². The van der Waals surface area contributed by atoms with Crippen LogP contribution in [0.5, 0.6) is 0 Å². The molecule has 0 aromatic heterocycles. The number of hydrogen-bond donors (Lipinski definition) is 2. The predicted octanol–water partition coefficient (Wildman–Crippen LogP) is 0.623. The van der Waals surface area contributed by atoms with Gasteiger partial charge in [0.05, 0.1) is 72.7 Å². The van der Waals surface area contributed by atoms with Crippen molar-refractivity contribution in [2.24, 2.45) is 0 Å². The molecule has 0 aliphatic rings. The zero-order valence-electron chi connectivity index (χ0n) is 14.7. The summed E-state index contributed by atoms with van der Waals surface area (Å²) in [7, 11) is 0. The first kappa shape index (κ1) is 22.0. The molecule has 2 N–H and O–H groups in total. The first-order valence-electron chi connectivity index (χ1n) is 8.54. The Hall–Kier alpha value is -1.06. The van der Waals surface area contributed by atoms with Gasteiger partial charge in [-0.2, -0.15) is 0 Å². The summed E-state index contributed by atoms with van der Waals surface area (Å²) in [6.45, 7) is 4.06. The van der Waals surface area contributed by atoms with Gasteiger partial charge in [-0.05, 0) is 5.56 Å². The van der Waals surface area contributed by atoms with Crippen LogP contribution in [0.3, 0.4) is 0 Å². The average molecular weight is 358 g/mol. The highest BCUT2D eigenvalue weighted by molar-refractivity contribution is 5.13. The third-order valence-corrected chi connectivity index (χ3v) is 3.08. The van der Waals surface area contributed by atoms with Crippen molar-refractivity contribution in [3.8, 4) is 0 Å². The fourth-order valence-corrected chi connectivity index (χ4v) is 1.88. The molecule has 1 rings (SSSR count). The molecule has 25 heavy (non-hydrogen) atoms.